The number of β-amino-alcohol motifs (C(OH)–C–C–N with tert-alkyl or cyclic N) is 1. The smallest absolute Gasteiger partial charge is 0.0900 e. The molecule has 1 heterocycles. The van der Waals surface area contributed by atoms with Crippen LogP contribution in [0.3, 0.4) is 0 Å². The summed E-state index contributed by atoms with van der Waals surface area (Å²) < 4.78 is 5.81. The predicted molar refractivity (Wildman–Crippen MR) is 94.3 cm³/mol. The number of aliphatic hydroxyl groups excluding tert-OH is 1. The molecule has 4 nitrogen and oxygen atoms in total. The molecule has 0 bridgehead atoms. The van der Waals surface area contributed by atoms with E-state index in [1.165, 1.54) is 18.5 Å². The Hall–Kier alpha value is -0.810. The van der Waals surface area contributed by atoms with E-state index in [4.69, 9.17) is 16.3 Å². The standard InChI is InChI=1S/C18H27ClN2O2/c19-15-4-3-5-16(12-15)21-10-8-20(9-11-21)13-17(22)14-23-18-6-1-2-7-18/h3-5,12,17-18,22H,1-2,6-11,13-14H2/t17-/m1/s1. The van der Waals surface area contributed by atoms with E-state index in [0.29, 0.717) is 19.3 Å². The third-order valence-corrected chi connectivity index (χ3v) is 5.08. The van der Waals surface area contributed by atoms with Gasteiger partial charge in [-0.05, 0) is 31.0 Å². The molecule has 0 amide bonds. The summed E-state index contributed by atoms with van der Waals surface area (Å²) >= 11 is 6.07. The van der Waals surface area contributed by atoms with Crippen molar-refractivity contribution >= 4 is 17.3 Å². The summed E-state index contributed by atoms with van der Waals surface area (Å²) in [6.45, 7) is 5.04. The maximum Gasteiger partial charge on any atom is 0.0900 e. The Balaban J connectivity index is 1.38. The van der Waals surface area contributed by atoms with Crippen LogP contribution in [0.4, 0.5) is 5.69 Å². The molecule has 1 aliphatic heterocycles. The number of rotatable bonds is 6. The number of anilines is 1. The highest BCUT2D eigenvalue weighted by Gasteiger charge is 2.21. The lowest BCUT2D eigenvalue weighted by Gasteiger charge is -2.37. The third kappa shape index (κ3) is 5.08. The van der Waals surface area contributed by atoms with Crippen LogP contribution in [0.5, 0.6) is 0 Å². The van der Waals surface area contributed by atoms with Gasteiger partial charge in [-0.3, -0.25) is 4.90 Å². The lowest BCUT2D eigenvalue weighted by Crippen LogP contribution is -2.49. The van der Waals surface area contributed by atoms with Gasteiger partial charge < -0.3 is 14.7 Å². The van der Waals surface area contributed by atoms with E-state index in [9.17, 15) is 5.11 Å². The minimum absolute atomic E-state index is 0.379. The summed E-state index contributed by atoms with van der Waals surface area (Å²) in [5.74, 6) is 0. The van der Waals surface area contributed by atoms with Gasteiger partial charge >= 0.3 is 0 Å². The molecular weight excluding hydrogens is 312 g/mol. The molecule has 1 aliphatic carbocycles. The Labute approximate surface area is 144 Å². The van der Waals surface area contributed by atoms with Crippen LogP contribution in [-0.2, 0) is 4.74 Å². The molecule has 2 aliphatic rings. The van der Waals surface area contributed by atoms with E-state index >= 15 is 0 Å². The Bertz CT molecular complexity index is 486. The maximum atomic E-state index is 10.2. The van der Waals surface area contributed by atoms with Crippen LogP contribution in [0, 0.1) is 0 Å². The van der Waals surface area contributed by atoms with Crippen molar-refractivity contribution in [3.05, 3.63) is 29.3 Å². The summed E-state index contributed by atoms with van der Waals surface area (Å²) in [7, 11) is 0. The molecule has 128 valence electrons. The second-order valence-corrected chi connectivity index (χ2v) is 7.10. The summed E-state index contributed by atoms with van der Waals surface area (Å²) in [5.41, 5.74) is 1.18. The minimum atomic E-state index is -0.381. The van der Waals surface area contributed by atoms with Gasteiger partial charge in [-0.25, -0.2) is 0 Å². The lowest BCUT2D eigenvalue weighted by molar-refractivity contribution is -0.0188. The maximum absolute atomic E-state index is 10.2. The van der Waals surface area contributed by atoms with Gasteiger partial charge in [0.2, 0.25) is 0 Å². The highest BCUT2D eigenvalue weighted by Crippen LogP contribution is 2.22. The molecule has 5 heteroatoms. The van der Waals surface area contributed by atoms with Crippen LogP contribution in [0.2, 0.25) is 5.02 Å². The van der Waals surface area contributed by atoms with Crippen molar-refractivity contribution in [3.63, 3.8) is 0 Å². The van der Waals surface area contributed by atoms with Gasteiger partial charge in [-0.1, -0.05) is 30.5 Å². The third-order valence-electron chi connectivity index (χ3n) is 4.84. The molecule has 1 N–H and O–H groups in total. The molecule has 1 atom stereocenters. The number of halogens is 1. The van der Waals surface area contributed by atoms with Crippen molar-refractivity contribution in [3.8, 4) is 0 Å². The molecule has 0 aromatic heterocycles. The second kappa shape index (κ2) is 8.34. The normalized spacial score (nSPS) is 21.7. The average Bonchev–Trinajstić information content (AvgIpc) is 3.07. The number of piperazine rings is 1. The molecule has 1 saturated heterocycles. The predicted octanol–water partition coefficient (Wildman–Crippen LogP) is 2.78. The van der Waals surface area contributed by atoms with Crippen molar-refractivity contribution in [2.24, 2.45) is 0 Å². The Morgan fingerprint density at radius 2 is 1.91 bits per heavy atom. The van der Waals surface area contributed by atoms with E-state index in [-0.39, 0.29) is 6.10 Å². The summed E-state index contributed by atoms with van der Waals surface area (Å²) in [4.78, 5) is 4.67. The highest BCUT2D eigenvalue weighted by molar-refractivity contribution is 6.30. The fourth-order valence-corrected chi connectivity index (χ4v) is 3.70. The van der Waals surface area contributed by atoms with Gasteiger partial charge in [0, 0.05) is 43.4 Å². The molecule has 0 unspecified atom stereocenters. The number of aliphatic hydroxyl groups is 1. The SMILES string of the molecule is O[C@@H](COC1CCCC1)CN1CCN(c2cccc(Cl)c2)CC1. The quantitative estimate of drug-likeness (QED) is 0.865. The first kappa shape index (κ1) is 17.0. The zero-order chi connectivity index (χ0) is 16.1. The average molecular weight is 339 g/mol. The first-order chi connectivity index (χ1) is 11.2. The van der Waals surface area contributed by atoms with Gasteiger partial charge in [0.15, 0.2) is 0 Å². The number of ether oxygens (including phenoxy) is 1. The molecule has 0 radical (unpaired) electrons. The van der Waals surface area contributed by atoms with Crippen molar-refractivity contribution in [2.75, 3.05) is 44.2 Å². The zero-order valence-electron chi connectivity index (χ0n) is 13.7. The molecule has 1 aromatic carbocycles. The number of hydrogen-bond donors (Lipinski definition) is 1. The lowest BCUT2D eigenvalue weighted by atomic mass is 10.2. The van der Waals surface area contributed by atoms with Crippen LogP contribution in [0.25, 0.3) is 0 Å². The molecule has 1 saturated carbocycles. The van der Waals surface area contributed by atoms with Gasteiger partial charge in [0.05, 0.1) is 18.8 Å². The van der Waals surface area contributed by atoms with Crippen molar-refractivity contribution < 1.29 is 9.84 Å². The fourth-order valence-electron chi connectivity index (χ4n) is 3.51. The van der Waals surface area contributed by atoms with Crippen molar-refractivity contribution in [1.29, 1.82) is 0 Å². The van der Waals surface area contributed by atoms with E-state index in [1.54, 1.807) is 0 Å². The monoisotopic (exact) mass is 338 g/mol. The topological polar surface area (TPSA) is 35.9 Å². The van der Waals surface area contributed by atoms with E-state index in [0.717, 1.165) is 44.0 Å². The molecule has 0 spiro atoms. The number of hydrogen-bond acceptors (Lipinski definition) is 4. The van der Waals surface area contributed by atoms with Crippen LogP contribution in [0.1, 0.15) is 25.7 Å². The Morgan fingerprint density at radius 1 is 1.17 bits per heavy atom. The number of nitrogens with zero attached hydrogens (tertiary/aromatic N) is 2. The first-order valence-electron chi connectivity index (χ1n) is 8.73. The van der Waals surface area contributed by atoms with Gasteiger partial charge in [0.1, 0.15) is 0 Å². The van der Waals surface area contributed by atoms with Crippen LogP contribution < -0.4 is 4.90 Å². The highest BCUT2D eigenvalue weighted by atomic mass is 35.5. The largest absolute Gasteiger partial charge is 0.389 e. The van der Waals surface area contributed by atoms with Crippen LogP contribution in [-0.4, -0.2) is 61.5 Å². The van der Waals surface area contributed by atoms with E-state index in [1.807, 2.05) is 18.2 Å². The van der Waals surface area contributed by atoms with Gasteiger partial charge in [-0.2, -0.15) is 0 Å². The number of benzene rings is 1. The van der Waals surface area contributed by atoms with E-state index < -0.39 is 0 Å². The first-order valence-corrected chi connectivity index (χ1v) is 9.11. The van der Waals surface area contributed by atoms with Crippen LogP contribution in [0.15, 0.2) is 24.3 Å². The zero-order valence-corrected chi connectivity index (χ0v) is 14.4. The molecule has 1 aromatic rings. The second-order valence-electron chi connectivity index (χ2n) is 6.66. The summed E-state index contributed by atoms with van der Waals surface area (Å²) in [6.07, 6.45) is 4.85. The molecular formula is C18H27ClN2O2. The summed E-state index contributed by atoms with van der Waals surface area (Å²) in [6, 6.07) is 8.02. The Kier molecular flexibility index (Phi) is 6.17. The Morgan fingerprint density at radius 3 is 2.61 bits per heavy atom. The van der Waals surface area contributed by atoms with E-state index in [2.05, 4.69) is 15.9 Å². The van der Waals surface area contributed by atoms with Gasteiger partial charge in [0.25, 0.3) is 0 Å². The molecule has 23 heavy (non-hydrogen) atoms. The molecule has 3 rings (SSSR count). The molecule has 2 fully saturated rings. The van der Waals surface area contributed by atoms with Gasteiger partial charge in [-0.15, -0.1) is 0 Å². The fraction of sp³-hybridized carbons (Fsp3) is 0.667. The summed E-state index contributed by atoms with van der Waals surface area (Å²) in [5, 5.41) is 11.0. The van der Waals surface area contributed by atoms with Crippen LogP contribution >= 0.6 is 11.6 Å². The van der Waals surface area contributed by atoms with Crippen molar-refractivity contribution in [1.82, 2.24) is 4.90 Å². The van der Waals surface area contributed by atoms with Crippen molar-refractivity contribution in [2.45, 2.75) is 37.9 Å². The minimum Gasteiger partial charge on any atom is -0.389 e.